The van der Waals surface area contributed by atoms with Crippen LogP contribution in [-0.2, 0) is 13.1 Å². The lowest BCUT2D eigenvalue weighted by Gasteiger charge is -2.21. The fourth-order valence-corrected chi connectivity index (χ4v) is 3.17. The van der Waals surface area contributed by atoms with Gasteiger partial charge in [0.1, 0.15) is 11.6 Å². The van der Waals surface area contributed by atoms with Gasteiger partial charge in [0.05, 0.1) is 17.2 Å². The molecule has 0 atom stereocenters. The lowest BCUT2D eigenvalue weighted by molar-refractivity contribution is 0.460. The van der Waals surface area contributed by atoms with Crippen LogP contribution in [0.4, 0.5) is 4.39 Å². The smallest absolute Gasteiger partial charge is 0.219 e. The fourth-order valence-electron chi connectivity index (χ4n) is 2.56. The van der Waals surface area contributed by atoms with Gasteiger partial charge in [0, 0.05) is 38.3 Å². The van der Waals surface area contributed by atoms with Crippen molar-refractivity contribution in [3.8, 4) is 11.6 Å². The first-order valence-corrected chi connectivity index (χ1v) is 9.62. The lowest BCUT2D eigenvalue weighted by atomic mass is 10.3. The summed E-state index contributed by atoms with van der Waals surface area (Å²) in [6.07, 6.45) is 1.74. The van der Waals surface area contributed by atoms with Crippen molar-refractivity contribution in [2.75, 3.05) is 14.1 Å². The van der Waals surface area contributed by atoms with Crippen LogP contribution < -0.4 is 10.1 Å². The summed E-state index contributed by atoms with van der Waals surface area (Å²) in [4.78, 5) is 15.1. The molecule has 0 radical (unpaired) electrons. The van der Waals surface area contributed by atoms with E-state index in [-0.39, 0.29) is 5.82 Å². The highest BCUT2D eigenvalue weighted by Gasteiger charge is 2.09. The van der Waals surface area contributed by atoms with E-state index < -0.39 is 0 Å². The topological polar surface area (TPSA) is 62.6 Å². The number of benzene rings is 1. The highest BCUT2D eigenvalue weighted by Crippen LogP contribution is 2.19. The van der Waals surface area contributed by atoms with Crippen LogP contribution in [0.15, 0.2) is 53.0 Å². The maximum atomic E-state index is 12.9. The minimum Gasteiger partial charge on any atom is -0.439 e. The Morgan fingerprint density at radius 2 is 2.04 bits per heavy atom. The molecule has 0 unspecified atom stereocenters. The Kier molecular flexibility index (Phi) is 6.54. The first kappa shape index (κ1) is 19.8. The maximum Gasteiger partial charge on any atom is 0.219 e. The highest BCUT2D eigenvalue weighted by molar-refractivity contribution is 7.09. The molecule has 0 aliphatic rings. The minimum absolute atomic E-state index is 0.301. The minimum atomic E-state index is -0.301. The number of aryl methyl sites for hydroxylation is 1. The van der Waals surface area contributed by atoms with E-state index >= 15 is 0 Å². The molecule has 1 N–H and O–H groups in total. The Labute approximate surface area is 167 Å². The molecule has 0 amide bonds. The zero-order valence-electron chi connectivity index (χ0n) is 16.0. The van der Waals surface area contributed by atoms with Crippen LogP contribution in [0.2, 0.25) is 0 Å². The van der Waals surface area contributed by atoms with Gasteiger partial charge in [-0.2, -0.15) is 0 Å². The van der Waals surface area contributed by atoms with Crippen LogP contribution in [0.1, 0.15) is 16.3 Å². The van der Waals surface area contributed by atoms with Crippen molar-refractivity contribution in [3.05, 3.63) is 70.1 Å². The molecule has 3 aromatic rings. The number of hydrogen-bond donors (Lipinski definition) is 1. The number of guanidine groups is 1. The molecule has 0 fully saturated rings. The monoisotopic (exact) mass is 399 g/mol. The summed E-state index contributed by atoms with van der Waals surface area (Å²) >= 11 is 1.64. The number of rotatable bonds is 6. The number of aromatic nitrogens is 2. The van der Waals surface area contributed by atoms with Crippen LogP contribution in [0, 0.1) is 12.7 Å². The molecular formula is C20H22FN5OS. The van der Waals surface area contributed by atoms with Gasteiger partial charge in [0.25, 0.3) is 0 Å². The molecule has 0 aliphatic heterocycles. The van der Waals surface area contributed by atoms with Crippen LogP contribution in [0.25, 0.3) is 0 Å². The van der Waals surface area contributed by atoms with Gasteiger partial charge >= 0.3 is 0 Å². The summed E-state index contributed by atoms with van der Waals surface area (Å²) in [6, 6.07) is 9.54. The van der Waals surface area contributed by atoms with Gasteiger partial charge < -0.3 is 15.0 Å². The molecule has 0 bridgehead atoms. The van der Waals surface area contributed by atoms with Crippen molar-refractivity contribution < 1.29 is 9.13 Å². The van der Waals surface area contributed by atoms with Gasteiger partial charge in [-0.15, -0.1) is 11.3 Å². The van der Waals surface area contributed by atoms with E-state index in [2.05, 4.69) is 25.7 Å². The number of nitrogens with zero attached hydrogens (tertiary/aromatic N) is 4. The Bertz CT molecular complexity index is 925. The second-order valence-corrected chi connectivity index (χ2v) is 7.24. The van der Waals surface area contributed by atoms with Crippen molar-refractivity contribution in [2.24, 2.45) is 4.99 Å². The average Bonchev–Trinajstić information content (AvgIpc) is 3.10. The lowest BCUT2D eigenvalue weighted by Crippen LogP contribution is -2.38. The predicted octanol–water partition coefficient (Wildman–Crippen LogP) is 3.99. The second-order valence-electron chi connectivity index (χ2n) is 6.18. The number of nitrogens with one attached hydrogen (secondary N) is 1. The molecule has 0 saturated carbocycles. The predicted molar refractivity (Wildman–Crippen MR) is 109 cm³/mol. The second kappa shape index (κ2) is 9.27. The third kappa shape index (κ3) is 5.50. The molecule has 146 valence electrons. The van der Waals surface area contributed by atoms with Crippen molar-refractivity contribution in [2.45, 2.75) is 20.0 Å². The van der Waals surface area contributed by atoms with Crippen LogP contribution >= 0.6 is 11.3 Å². The number of pyridine rings is 1. The molecule has 1 aromatic carbocycles. The van der Waals surface area contributed by atoms with E-state index in [1.165, 1.54) is 12.1 Å². The molecule has 0 spiro atoms. The van der Waals surface area contributed by atoms with E-state index in [0.29, 0.717) is 24.7 Å². The Hall–Kier alpha value is -3.00. The van der Waals surface area contributed by atoms with Gasteiger partial charge in [-0.25, -0.2) is 14.4 Å². The standard InChI is InChI=1S/C20H22FN5OS/c1-14-25-17(13-28-14)12-26(3)20(22-2)24-11-15-4-9-19(23-10-15)27-18-7-5-16(21)6-8-18/h4-10,13H,11-12H2,1-3H3,(H,22,24). The SMILES string of the molecule is CN=C(NCc1ccc(Oc2ccc(F)cc2)nc1)N(C)Cc1csc(C)n1. The molecule has 2 heterocycles. The Morgan fingerprint density at radius 3 is 2.64 bits per heavy atom. The fraction of sp³-hybridized carbons (Fsp3) is 0.250. The quantitative estimate of drug-likeness (QED) is 0.502. The van der Waals surface area contributed by atoms with Gasteiger partial charge in [-0.05, 0) is 36.8 Å². The molecule has 0 saturated heterocycles. The summed E-state index contributed by atoms with van der Waals surface area (Å²) in [6.45, 7) is 3.27. The first-order valence-electron chi connectivity index (χ1n) is 8.74. The zero-order chi connectivity index (χ0) is 19.9. The van der Waals surface area contributed by atoms with Gasteiger partial charge in [0.2, 0.25) is 5.88 Å². The summed E-state index contributed by atoms with van der Waals surface area (Å²) in [7, 11) is 3.73. The molecule has 2 aromatic heterocycles. The number of ether oxygens (including phenoxy) is 1. The molecule has 28 heavy (non-hydrogen) atoms. The summed E-state index contributed by atoms with van der Waals surface area (Å²) in [5, 5.41) is 6.43. The van der Waals surface area contributed by atoms with Crippen molar-refractivity contribution in [3.63, 3.8) is 0 Å². The van der Waals surface area contributed by atoms with E-state index in [4.69, 9.17) is 4.74 Å². The molecule has 0 aliphatic carbocycles. The highest BCUT2D eigenvalue weighted by atomic mass is 32.1. The Balaban J connectivity index is 1.53. The summed E-state index contributed by atoms with van der Waals surface area (Å²) < 4.78 is 18.5. The molecule has 3 rings (SSSR count). The summed E-state index contributed by atoms with van der Waals surface area (Å²) in [5.74, 6) is 1.47. The van der Waals surface area contributed by atoms with E-state index in [1.54, 1.807) is 42.8 Å². The van der Waals surface area contributed by atoms with Gasteiger partial charge in [0.15, 0.2) is 5.96 Å². The molecule has 8 heteroatoms. The third-order valence-electron chi connectivity index (χ3n) is 3.92. The van der Waals surface area contributed by atoms with Gasteiger partial charge in [-0.1, -0.05) is 6.07 Å². The molecular weight excluding hydrogens is 377 g/mol. The van der Waals surface area contributed by atoms with E-state index in [1.807, 2.05) is 24.9 Å². The number of thiazole rings is 1. The largest absolute Gasteiger partial charge is 0.439 e. The first-order chi connectivity index (χ1) is 13.5. The normalized spacial score (nSPS) is 11.4. The van der Waals surface area contributed by atoms with E-state index in [0.717, 1.165) is 22.2 Å². The van der Waals surface area contributed by atoms with Crippen LogP contribution in [0.3, 0.4) is 0 Å². The summed E-state index contributed by atoms with van der Waals surface area (Å²) in [5.41, 5.74) is 2.02. The van der Waals surface area contributed by atoms with Crippen LogP contribution in [-0.4, -0.2) is 34.9 Å². The van der Waals surface area contributed by atoms with E-state index in [9.17, 15) is 4.39 Å². The van der Waals surface area contributed by atoms with Crippen LogP contribution in [0.5, 0.6) is 11.6 Å². The van der Waals surface area contributed by atoms with Crippen molar-refractivity contribution >= 4 is 17.3 Å². The number of halogens is 1. The van der Waals surface area contributed by atoms with Gasteiger partial charge in [-0.3, -0.25) is 4.99 Å². The van der Waals surface area contributed by atoms with Crippen molar-refractivity contribution in [1.29, 1.82) is 0 Å². The van der Waals surface area contributed by atoms with Crippen molar-refractivity contribution in [1.82, 2.24) is 20.2 Å². The number of aliphatic imine (C=N–C) groups is 1. The average molecular weight is 399 g/mol. The molecule has 6 nitrogen and oxygen atoms in total. The maximum absolute atomic E-state index is 12.9. The Morgan fingerprint density at radius 1 is 1.25 bits per heavy atom. The zero-order valence-corrected chi connectivity index (χ0v) is 16.8. The number of hydrogen-bond acceptors (Lipinski definition) is 5. The third-order valence-corrected chi connectivity index (χ3v) is 4.75.